The molecule has 1 aliphatic rings. The largest absolute Gasteiger partial charge is 0.391 e. The minimum atomic E-state index is -1.36. The number of carbonyl (C=O) groups excluding carboxylic acids is 6. The normalized spacial score (nSPS) is 19.2. The number of carbonyl (C=O) groups is 6. The van der Waals surface area contributed by atoms with E-state index in [0.29, 0.717) is 6.42 Å². The molecule has 0 aliphatic carbocycles. The van der Waals surface area contributed by atoms with Gasteiger partial charge in [0.1, 0.15) is 24.2 Å². The number of likely N-dealkylation sites (tertiary alicyclic amines) is 1. The van der Waals surface area contributed by atoms with Crippen LogP contribution < -0.4 is 27.4 Å². The molecule has 6 amide bonds. The molecular formula is C20H34N6O7. The van der Waals surface area contributed by atoms with Crippen LogP contribution in [0.25, 0.3) is 0 Å². The lowest BCUT2D eigenvalue weighted by atomic mass is 10.0. The molecule has 13 nitrogen and oxygen atoms in total. The summed E-state index contributed by atoms with van der Waals surface area (Å²) < 4.78 is 0. The standard InChI is InChI=1S/C20H34N6O7/c1-9(2)15(23-11(4)28)19(32)24-12(8-14(21)29)20(33)26-7-5-6-13(26)18(31)25-16(10(3)27)17(22)30/h9-10,12-13,15-16,27H,5-8H2,1-4H3,(H2,21,29)(H2,22,30)(H,23,28)(H,24,32)(H,25,31)/t10-,12+,13+,15+,16+/m1/s1. The van der Waals surface area contributed by atoms with Crippen LogP contribution in [0.4, 0.5) is 0 Å². The van der Waals surface area contributed by atoms with E-state index in [-0.39, 0.29) is 18.9 Å². The highest BCUT2D eigenvalue weighted by Crippen LogP contribution is 2.20. The Bertz CT molecular complexity index is 785. The van der Waals surface area contributed by atoms with E-state index in [1.165, 1.54) is 18.7 Å². The molecule has 0 aromatic rings. The van der Waals surface area contributed by atoms with Crippen molar-refractivity contribution < 1.29 is 33.9 Å². The average molecular weight is 471 g/mol. The fourth-order valence-corrected chi connectivity index (χ4v) is 3.60. The fourth-order valence-electron chi connectivity index (χ4n) is 3.60. The summed E-state index contributed by atoms with van der Waals surface area (Å²) in [5.41, 5.74) is 10.5. The fraction of sp³-hybridized carbons (Fsp3) is 0.700. The summed E-state index contributed by atoms with van der Waals surface area (Å²) in [5, 5.41) is 17.0. The number of hydrogen-bond donors (Lipinski definition) is 6. The van der Waals surface area contributed by atoms with Gasteiger partial charge in [0.2, 0.25) is 35.4 Å². The van der Waals surface area contributed by atoms with Crippen LogP contribution >= 0.6 is 0 Å². The van der Waals surface area contributed by atoms with Gasteiger partial charge in [-0.3, -0.25) is 28.8 Å². The molecule has 0 unspecified atom stereocenters. The van der Waals surface area contributed by atoms with Crippen LogP contribution in [0.15, 0.2) is 0 Å². The third-order valence-electron chi connectivity index (χ3n) is 5.25. The monoisotopic (exact) mass is 470 g/mol. The topological polar surface area (TPSA) is 214 Å². The SMILES string of the molecule is CC(=O)N[C@H](C(=O)N[C@@H](CC(N)=O)C(=O)N1CCC[C@H]1C(=O)N[C@H](C(N)=O)[C@@H](C)O)C(C)C. The van der Waals surface area contributed by atoms with Crippen molar-refractivity contribution in [3.05, 3.63) is 0 Å². The van der Waals surface area contributed by atoms with Crippen LogP contribution in [0.1, 0.15) is 47.0 Å². The van der Waals surface area contributed by atoms with Crippen molar-refractivity contribution in [2.75, 3.05) is 6.54 Å². The lowest BCUT2D eigenvalue weighted by Crippen LogP contribution is -2.59. The number of rotatable bonds is 11. The Morgan fingerprint density at radius 1 is 1.00 bits per heavy atom. The minimum Gasteiger partial charge on any atom is -0.391 e. The second kappa shape index (κ2) is 12.1. The number of primary amides is 2. The Morgan fingerprint density at radius 2 is 1.61 bits per heavy atom. The van der Waals surface area contributed by atoms with Gasteiger partial charge < -0.3 is 37.4 Å². The second-order valence-electron chi connectivity index (χ2n) is 8.47. The van der Waals surface area contributed by atoms with Crippen molar-refractivity contribution in [3.63, 3.8) is 0 Å². The van der Waals surface area contributed by atoms with E-state index < -0.39 is 72.1 Å². The van der Waals surface area contributed by atoms with E-state index in [1.54, 1.807) is 13.8 Å². The minimum absolute atomic E-state index is 0.164. The van der Waals surface area contributed by atoms with Crippen molar-refractivity contribution in [1.29, 1.82) is 0 Å². The highest BCUT2D eigenvalue weighted by atomic mass is 16.3. The predicted octanol–water partition coefficient (Wildman–Crippen LogP) is -3.15. The third kappa shape index (κ3) is 8.00. The van der Waals surface area contributed by atoms with E-state index in [2.05, 4.69) is 16.0 Å². The molecule has 33 heavy (non-hydrogen) atoms. The van der Waals surface area contributed by atoms with Gasteiger partial charge >= 0.3 is 0 Å². The van der Waals surface area contributed by atoms with Gasteiger partial charge in [-0.1, -0.05) is 13.8 Å². The first-order valence-electron chi connectivity index (χ1n) is 10.7. The molecular weight excluding hydrogens is 436 g/mol. The van der Waals surface area contributed by atoms with Gasteiger partial charge in [-0.25, -0.2) is 0 Å². The molecule has 0 spiro atoms. The molecule has 1 saturated heterocycles. The van der Waals surface area contributed by atoms with Crippen LogP contribution in [0.2, 0.25) is 0 Å². The first kappa shape index (κ1) is 27.8. The molecule has 0 saturated carbocycles. The molecule has 1 fully saturated rings. The smallest absolute Gasteiger partial charge is 0.246 e. The summed E-state index contributed by atoms with van der Waals surface area (Å²) in [4.78, 5) is 74.3. The summed E-state index contributed by atoms with van der Waals surface area (Å²) in [6.45, 7) is 6.09. The molecule has 13 heteroatoms. The number of aliphatic hydroxyl groups excluding tert-OH is 1. The van der Waals surface area contributed by atoms with Crippen molar-refractivity contribution in [1.82, 2.24) is 20.9 Å². The Hall–Kier alpha value is -3.22. The van der Waals surface area contributed by atoms with Crippen molar-refractivity contribution in [3.8, 4) is 0 Å². The third-order valence-corrected chi connectivity index (χ3v) is 5.25. The van der Waals surface area contributed by atoms with Gasteiger partial charge in [0.15, 0.2) is 0 Å². The molecule has 186 valence electrons. The molecule has 8 N–H and O–H groups in total. The summed E-state index contributed by atoms with van der Waals surface area (Å²) in [5.74, 6) is -4.63. The Balaban J connectivity index is 3.06. The molecule has 1 rings (SSSR count). The Morgan fingerprint density at radius 3 is 2.06 bits per heavy atom. The molecule has 0 bridgehead atoms. The lowest BCUT2D eigenvalue weighted by molar-refractivity contribution is -0.143. The van der Waals surface area contributed by atoms with E-state index in [4.69, 9.17) is 11.5 Å². The maximum atomic E-state index is 13.2. The van der Waals surface area contributed by atoms with E-state index in [0.717, 1.165) is 0 Å². The zero-order valence-electron chi connectivity index (χ0n) is 19.3. The van der Waals surface area contributed by atoms with Crippen molar-refractivity contribution in [2.24, 2.45) is 17.4 Å². The maximum absolute atomic E-state index is 13.2. The Kier molecular flexibility index (Phi) is 10.2. The van der Waals surface area contributed by atoms with Crippen LogP contribution in [-0.2, 0) is 28.8 Å². The van der Waals surface area contributed by atoms with E-state index >= 15 is 0 Å². The molecule has 0 aromatic heterocycles. The molecule has 0 aromatic carbocycles. The number of aliphatic hydroxyl groups is 1. The van der Waals surface area contributed by atoms with Crippen LogP contribution in [0.5, 0.6) is 0 Å². The van der Waals surface area contributed by atoms with Gasteiger partial charge in [-0.15, -0.1) is 0 Å². The van der Waals surface area contributed by atoms with Crippen molar-refractivity contribution >= 4 is 35.4 Å². The number of nitrogens with two attached hydrogens (primary N) is 2. The summed E-state index contributed by atoms with van der Waals surface area (Å²) in [7, 11) is 0. The highest BCUT2D eigenvalue weighted by molar-refractivity contribution is 5.97. The van der Waals surface area contributed by atoms with Crippen LogP contribution in [0, 0.1) is 5.92 Å². The Labute approximate surface area is 192 Å². The van der Waals surface area contributed by atoms with E-state index in [1.807, 2.05) is 0 Å². The number of nitrogens with one attached hydrogen (secondary N) is 3. The molecule has 1 aliphatic heterocycles. The van der Waals surface area contributed by atoms with E-state index in [9.17, 15) is 33.9 Å². The van der Waals surface area contributed by atoms with Gasteiger partial charge in [-0.2, -0.15) is 0 Å². The first-order chi connectivity index (χ1) is 15.3. The first-order valence-corrected chi connectivity index (χ1v) is 10.7. The average Bonchev–Trinajstić information content (AvgIpc) is 3.17. The quantitative estimate of drug-likeness (QED) is 0.182. The van der Waals surface area contributed by atoms with Gasteiger partial charge in [0, 0.05) is 13.5 Å². The summed E-state index contributed by atoms with van der Waals surface area (Å²) in [6, 6.07) is -4.66. The zero-order chi connectivity index (χ0) is 25.5. The van der Waals surface area contributed by atoms with Gasteiger partial charge in [0.05, 0.1) is 12.5 Å². The van der Waals surface area contributed by atoms with Crippen LogP contribution in [0.3, 0.4) is 0 Å². The maximum Gasteiger partial charge on any atom is 0.246 e. The summed E-state index contributed by atoms with van der Waals surface area (Å²) >= 11 is 0. The van der Waals surface area contributed by atoms with Crippen molar-refractivity contribution in [2.45, 2.75) is 77.2 Å². The number of hydrogen-bond acceptors (Lipinski definition) is 7. The highest BCUT2D eigenvalue weighted by Gasteiger charge is 2.40. The van der Waals surface area contributed by atoms with Gasteiger partial charge in [-0.05, 0) is 25.7 Å². The molecule has 0 radical (unpaired) electrons. The number of nitrogens with zero attached hydrogens (tertiary/aromatic N) is 1. The number of amides is 6. The zero-order valence-corrected chi connectivity index (χ0v) is 19.3. The summed E-state index contributed by atoms with van der Waals surface area (Å²) in [6.07, 6.45) is -1.05. The molecule has 1 heterocycles. The molecule has 5 atom stereocenters. The second-order valence-corrected chi connectivity index (χ2v) is 8.47. The van der Waals surface area contributed by atoms with Gasteiger partial charge in [0.25, 0.3) is 0 Å². The van der Waals surface area contributed by atoms with Crippen LogP contribution in [-0.4, -0.2) is 82.3 Å². The predicted molar refractivity (Wildman–Crippen MR) is 116 cm³/mol. The lowest BCUT2D eigenvalue weighted by Gasteiger charge is -2.30.